The Morgan fingerprint density at radius 2 is 2.08 bits per heavy atom. The minimum absolute atomic E-state index is 0. The lowest BCUT2D eigenvalue weighted by Gasteiger charge is -2.33. The Morgan fingerprint density at radius 1 is 1.28 bits per heavy atom. The SMILES string of the molecule is CCCO[C@@H]1C[C@@H](c2nc(C)nn2-c2cccc(C)c2)CC[C@H]1N.Cl. The molecule has 1 aromatic heterocycles. The predicted octanol–water partition coefficient (Wildman–Crippen LogP) is 3.70. The molecule has 0 unspecified atom stereocenters. The first kappa shape index (κ1) is 19.9. The Balaban J connectivity index is 0.00000225. The van der Waals surface area contributed by atoms with Crippen molar-refractivity contribution in [1.29, 1.82) is 0 Å². The number of aromatic nitrogens is 3. The molecule has 1 aromatic carbocycles. The van der Waals surface area contributed by atoms with Crippen LogP contribution in [-0.2, 0) is 4.74 Å². The fourth-order valence-electron chi connectivity index (χ4n) is 3.49. The molecule has 6 heteroatoms. The highest BCUT2D eigenvalue weighted by molar-refractivity contribution is 5.85. The van der Waals surface area contributed by atoms with Crippen molar-refractivity contribution in [2.45, 2.75) is 64.5 Å². The second-order valence-electron chi connectivity index (χ2n) is 6.85. The zero-order valence-corrected chi connectivity index (χ0v) is 16.1. The van der Waals surface area contributed by atoms with E-state index in [4.69, 9.17) is 15.5 Å². The molecule has 0 aliphatic heterocycles. The van der Waals surface area contributed by atoms with Crippen LogP contribution in [0.5, 0.6) is 0 Å². The highest BCUT2D eigenvalue weighted by Crippen LogP contribution is 2.34. The number of rotatable bonds is 5. The van der Waals surface area contributed by atoms with E-state index < -0.39 is 0 Å². The topological polar surface area (TPSA) is 66.0 Å². The van der Waals surface area contributed by atoms with Crippen molar-refractivity contribution >= 4 is 12.4 Å². The number of hydrogen-bond donors (Lipinski definition) is 1. The average Bonchev–Trinajstić information content (AvgIpc) is 2.96. The van der Waals surface area contributed by atoms with Crippen LogP contribution in [0.3, 0.4) is 0 Å². The Bertz CT molecular complexity index is 688. The van der Waals surface area contributed by atoms with Crippen molar-refractivity contribution in [1.82, 2.24) is 14.8 Å². The lowest BCUT2D eigenvalue weighted by atomic mass is 9.83. The fourth-order valence-corrected chi connectivity index (χ4v) is 3.49. The Hall–Kier alpha value is -1.43. The summed E-state index contributed by atoms with van der Waals surface area (Å²) >= 11 is 0. The van der Waals surface area contributed by atoms with Crippen LogP contribution in [-0.4, -0.2) is 33.5 Å². The van der Waals surface area contributed by atoms with Gasteiger partial charge in [-0.3, -0.25) is 0 Å². The van der Waals surface area contributed by atoms with Crippen LogP contribution >= 0.6 is 12.4 Å². The number of benzene rings is 1. The quantitative estimate of drug-likeness (QED) is 0.878. The maximum Gasteiger partial charge on any atom is 0.148 e. The van der Waals surface area contributed by atoms with Gasteiger partial charge >= 0.3 is 0 Å². The van der Waals surface area contributed by atoms with Crippen LogP contribution in [0.25, 0.3) is 5.69 Å². The molecule has 2 N–H and O–H groups in total. The smallest absolute Gasteiger partial charge is 0.148 e. The molecular formula is C19H29ClN4O. The lowest BCUT2D eigenvalue weighted by Crippen LogP contribution is -2.42. The van der Waals surface area contributed by atoms with E-state index in [-0.39, 0.29) is 24.6 Å². The molecule has 1 aliphatic rings. The summed E-state index contributed by atoms with van der Waals surface area (Å²) in [5, 5.41) is 4.64. The van der Waals surface area contributed by atoms with Crippen LogP contribution in [0.1, 0.15) is 55.7 Å². The maximum absolute atomic E-state index is 6.27. The van der Waals surface area contributed by atoms with Crippen LogP contribution < -0.4 is 5.73 Å². The summed E-state index contributed by atoms with van der Waals surface area (Å²) < 4.78 is 7.99. The third kappa shape index (κ3) is 4.60. The molecule has 138 valence electrons. The summed E-state index contributed by atoms with van der Waals surface area (Å²) in [4.78, 5) is 4.74. The van der Waals surface area contributed by atoms with Gasteiger partial charge in [0, 0.05) is 18.6 Å². The van der Waals surface area contributed by atoms with Gasteiger partial charge in [0.1, 0.15) is 11.6 Å². The number of nitrogens with zero attached hydrogens (tertiary/aromatic N) is 3. The zero-order valence-electron chi connectivity index (χ0n) is 15.3. The highest BCUT2D eigenvalue weighted by Gasteiger charge is 2.32. The van der Waals surface area contributed by atoms with E-state index in [0.29, 0.717) is 5.92 Å². The molecule has 25 heavy (non-hydrogen) atoms. The molecule has 0 radical (unpaired) electrons. The minimum atomic E-state index is 0. The van der Waals surface area contributed by atoms with Gasteiger partial charge in [-0.1, -0.05) is 19.1 Å². The standard InChI is InChI=1S/C19H28N4O.ClH/c1-4-10-24-18-12-15(8-9-17(18)20)19-21-14(3)22-23(19)16-7-5-6-13(2)11-16;/h5-7,11,15,17-18H,4,8-10,12,20H2,1-3H3;1H/t15-,17+,18+;/m0./s1. The van der Waals surface area contributed by atoms with Gasteiger partial charge in [-0.05, 0) is 57.2 Å². The summed E-state index contributed by atoms with van der Waals surface area (Å²) in [6.07, 6.45) is 4.07. The van der Waals surface area contributed by atoms with E-state index in [1.807, 2.05) is 11.6 Å². The molecule has 0 spiro atoms. The van der Waals surface area contributed by atoms with E-state index in [0.717, 1.165) is 49.6 Å². The lowest BCUT2D eigenvalue weighted by molar-refractivity contribution is 0.00883. The van der Waals surface area contributed by atoms with Gasteiger partial charge in [0.25, 0.3) is 0 Å². The third-order valence-corrected chi connectivity index (χ3v) is 4.73. The fraction of sp³-hybridized carbons (Fsp3) is 0.579. The normalized spacial score (nSPS) is 23.3. The molecule has 3 atom stereocenters. The zero-order chi connectivity index (χ0) is 17.1. The van der Waals surface area contributed by atoms with E-state index >= 15 is 0 Å². The van der Waals surface area contributed by atoms with Crippen molar-refractivity contribution in [3.05, 3.63) is 41.5 Å². The largest absolute Gasteiger partial charge is 0.377 e. The second-order valence-corrected chi connectivity index (χ2v) is 6.85. The van der Waals surface area contributed by atoms with Crippen LogP contribution in [0, 0.1) is 13.8 Å². The van der Waals surface area contributed by atoms with Crippen molar-refractivity contribution in [2.24, 2.45) is 5.73 Å². The molecule has 1 aliphatic carbocycles. The Labute approximate surface area is 156 Å². The van der Waals surface area contributed by atoms with Crippen LogP contribution in [0.4, 0.5) is 0 Å². The molecule has 0 saturated heterocycles. The maximum atomic E-state index is 6.27. The number of halogens is 1. The van der Waals surface area contributed by atoms with Crippen molar-refractivity contribution in [2.75, 3.05) is 6.61 Å². The van der Waals surface area contributed by atoms with Crippen molar-refractivity contribution < 1.29 is 4.74 Å². The first-order valence-corrected chi connectivity index (χ1v) is 8.96. The van der Waals surface area contributed by atoms with Gasteiger partial charge in [-0.25, -0.2) is 9.67 Å². The van der Waals surface area contributed by atoms with Gasteiger partial charge in [-0.2, -0.15) is 5.10 Å². The van der Waals surface area contributed by atoms with E-state index in [1.54, 1.807) is 0 Å². The summed E-state index contributed by atoms with van der Waals surface area (Å²) in [7, 11) is 0. The van der Waals surface area contributed by atoms with Gasteiger partial charge in [-0.15, -0.1) is 12.4 Å². The summed E-state index contributed by atoms with van der Waals surface area (Å²) in [6, 6.07) is 8.53. The molecule has 0 bridgehead atoms. The second kappa shape index (κ2) is 8.79. The number of ether oxygens (including phenoxy) is 1. The molecule has 5 nitrogen and oxygen atoms in total. The number of nitrogens with two attached hydrogens (primary N) is 1. The molecule has 1 saturated carbocycles. The predicted molar refractivity (Wildman–Crippen MR) is 103 cm³/mol. The first-order valence-electron chi connectivity index (χ1n) is 8.96. The van der Waals surface area contributed by atoms with Gasteiger partial charge < -0.3 is 10.5 Å². The number of aryl methyl sites for hydroxylation is 2. The van der Waals surface area contributed by atoms with Crippen molar-refractivity contribution in [3.8, 4) is 5.69 Å². The van der Waals surface area contributed by atoms with Gasteiger partial charge in [0.05, 0.1) is 11.8 Å². The van der Waals surface area contributed by atoms with Gasteiger partial charge in [0.2, 0.25) is 0 Å². The van der Waals surface area contributed by atoms with Crippen LogP contribution in [0.15, 0.2) is 24.3 Å². The molecule has 3 rings (SSSR count). The van der Waals surface area contributed by atoms with Gasteiger partial charge in [0.15, 0.2) is 0 Å². The monoisotopic (exact) mass is 364 g/mol. The highest BCUT2D eigenvalue weighted by atomic mass is 35.5. The Morgan fingerprint density at radius 3 is 2.80 bits per heavy atom. The molecule has 1 fully saturated rings. The van der Waals surface area contributed by atoms with Crippen LogP contribution in [0.2, 0.25) is 0 Å². The van der Waals surface area contributed by atoms with Crippen molar-refractivity contribution in [3.63, 3.8) is 0 Å². The number of hydrogen-bond acceptors (Lipinski definition) is 4. The first-order chi connectivity index (χ1) is 11.6. The molecule has 0 amide bonds. The summed E-state index contributed by atoms with van der Waals surface area (Å²) in [6.45, 7) is 6.95. The molecule has 1 heterocycles. The van der Waals surface area contributed by atoms with E-state index in [9.17, 15) is 0 Å². The Kier molecular flexibility index (Phi) is 6.99. The molecule has 2 aromatic rings. The average molecular weight is 365 g/mol. The van der Waals surface area contributed by atoms with E-state index in [1.165, 1.54) is 5.56 Å². The minimum Gasteiger partial charge on any atom is -0.377 e. The summed E-state index contributed by atoms with van der Waals surface area (Å²) in [5.74, 6) is 2.19. The molecular weight excluding hydrogens is 336 g/mol. The summed E-state index contributed by atoms with van der Waals surface area (Å²) in [5.41, 5.74) is 8.57. The third-order valence-electron chi connectivity index (χ3n) is 4.73. The van der Waals surface area contributed by atoms with E-state index in [2.05, 4.69) is 43.2 Å².